The zero-order valence-electron chi connectivity index (χ0n) is 9.71. The molecule has 0 N–H and O–H groups in total. The average molecular weight is 209 g/mol. The standard InChI is InChI=1S/C13H23NO/c1-2-4-13(5-3-1)6-8-14(9-7-13)10-12-11-15-12/h12H,1-11H2/t12-/m0/s1. The highest BCUT2D eigenvalue weighted by Gasteiger charge is 2.36. The predicted octanol–water partition coefficient (Wildman–Crippen LogP) is 2.43. The molecule has 3 rings (SSSR count). The Bertz CT molecular complexity index is 209. The molecule has 0 radical (unpaired) electrons. The van der Waals surface area contributed by atoms with E-state index in [4.69, 9.17) is 4.74 Å². The van der Waals surface area contributed by atoms with Crippen LogP contribution in [-0.4, -0.2) is 37.2 Å². The van der Waals surface area contributed by atoms with Gasteiger partial charge in [-0.1, -0.05) is 19.3 Å². The Balaban J connectivity index is 1.49. The minimum atomic E-state index is 0.588. The van der Waals surface area contributed by atoms with Gasteiger partial charge < -0.3 is 9.64 Å². The van der Waals surface area contributed by atoms with Gasteiger partial charge >= 0.3 is 0 Å². The number of likely N-dealkylation sites (tertiary alicyclic amines) is 1. The smallest absolute Gasteiger partial charge is 0.0936 e. The molecule has 2 saturated heterocycles. The van der Waals surface area contributed by atoms with Gasteiger partial charge in [0.1, 0.15) is 0 Å². The molecule has 1 aliphatic carbocycles. The highest BCUT2D eigenvalue weighted by molar-refractivity contribution is 4.89. The summed E-state index contributed by atoms with van der Waals surface area (Å²) >= 11 is 0. The molecule has 2 aliphatic heterocycles. The zero-order chi connectivity index (χ0) is 10.1. The Morgan fingerprint density at radius 3 is 2.27 bits per heavy atom. The van der Waals surface area contributed by atoms with Gasteiger partial charge in [-0.25, -0.2) is 0 Å². The van der Waals surface area contributed by atoms with Crippen molar-refractivity contribution in [3.63, 3.8) is 0 Å². The van der Waals surface area contributed by atoms with Gasteiger partial charge in [0.05, 0.1) is 12.7 Å². The van der Waals surface area contributed by atoms with Crippen molar-refractivity contribution in [2.75, 3.05) is 26.2 Å². The maximum absolute atomic E-state index is 5.31. The monoisotopic (exact) mass is 209 g/mol. The predicted molar refractivity (Wildman–Crippen MR) is 60.9 cm³/mol. The molecular weight excluding hydrogens is 186 g/mol. The molecule has 15 heavy (non-hydrogen) atoms. The molecule has 0 aromatic rings. The van der Waals surface area contributed by atoms with Crippen LogP contribution < -0.4 is 0 Å². The SMILES string of the molecule is C1CCC2(CC1)CCN(C[C@H]1CO1)CC2. The van der Waals surface area contributed by atoms with E-state index in [0.29, 0.717) is 6.10 Å². The Morgan fingerprint density at radius 2 is 1.67 bits per heavy atom. The molecule has 0 bridgehead atoms. The van der Waals surface area contributed by atoms with E-state index in [1.54, 1.807) is 0 Å². The minimum absolute atomic E-state index is 0.588. The van der Waals surface area contributed by atoms with Crippen molar-refractivity contribution in [1.82, 2.24) is 4.90 Å². The fourth-order valence-corrected chi connectivity index (χ4v) is 3.47. The molecule has 1 atom stereocenters. The highest BCUT2D eigenvalue weighted by Crippen LogP contribution is 2.44. The van der Waals surface area contributed by atoms with Crippen molar-refractivity contribution < 1.29 is 4.74 Å². The maximum atomic E-state index is 5.31. The van der Waals surface area contributed by atoms with Crippen LogP contribution in [0.25, 0.3) is 0 Å². The minimum Gasteiger partial charge on any atom is -0.372 e. The molecule has 1 saturated carbocycles. The van der Waals surface area contributed by atoms with Gasteiger partial charge in [-0.2, -0.15) is 0 Å². The van der Waals surface area contributed by atoms with Gasteiger partial charge in [0, 0.05) is 6.54 Å². The number of hydrogen-bond donors (Lipinski definition) is 0. The molecule has 0 amide bonds. The number of piperidine rings is 1. The number of nitrogens with zero attached hydrogens (tertiary/aromatic N) is 1. The number of ether oxygens (including phenoxy) is 1. The fraction of sp³-hybridized carbons (Fsp3) is 1.00. The Kier molecular flexibility index (Phi) is 2.73. The zero-order valence-corrected chi connectivity index (χ0v) is 9.71. The van der Waals surface area contributed by atoms with Crippen LogP contribution in [0.4, 0.5) is 0 Å². The second kappa shape index (κ2) is 4.06. The first kappa shape index (κ1) is 10.1. The van der Waals surface area contributed by atoms with Gasteiger partial charge in [-0.15, -0.1) is 0 Å². The molecule has 0 aromatic heterocycles. The molecule has 1 spiro atoms. The van der Waals surface area contributed by atoms with E-state index in [1.807, 2.05) is 0 Å². The second-order valence-electron chi connectivity index (χ2n) is 5.82. The fourth-order valence-electron chi connectivity index (χ4n) is 3.47. The van der Waals surface area contributed by atoms with Crippen molar-refractivity contribution in [2.45, 2.75) is 51.0 Å². The van der Waals surface area contributed by atoms with Crippen LogP contribution in [0.2, 0.25) is 0 Å². The van der Waals surface area contributed by atoms with Crippen molar-refractivity contribution in [1.29, 1.82) is 0 Å². The summed E-state index contributed by atoms with van der Waals surface area (Å²) in [5, 5.41) is 0. The summed E-state index contributed by atoms with van der Waals surface area (Å²) in [4.78, 5) is 2.62. The summed E-state index contributed by atoms with van der Waals surface area (Å²) in [5.41, 5.74) is 0.763. The van der Waals surface area contributed by atoms with E-state index < -0.39 is 0 Å². The van der Waals surface area contributed by atoms with Gasteiger partial charge in [0.2, 0.25) is 0 Å². The van der Waals surface area contributed by atoms with Crippen LogP contribution in [-0.2, 0) is 4.74 Å². The lowest BCUT2D eigenvalue weighted by Crippen LogP contribution is -2.42. The van der Waals surface area contributed by atoms with E-state index in [0.717, 1.165) is 12.0 Å². The lowest BCUT2D eigenvalue weighted by molar-refractivity contribution is 0.0643. The van der Waals surface area contributed by atoms with Gasteiger partial charge in [0.25, 0.3) is 0 Å². The van der Waals surface area contributed by atoms with E-state index >= 15 is 0 Å². The van der Waals surface area contributed by atoms with E-state index in [1.165, 1.54) is 64.6 Å². The topological polar surface area (TPSA) is 15.8 Å². The molecule has 2 nitrogen and oxygen atoms in total. The van der Waals surface area contributed by atoms with Gasteiger partial charge in [-0.3, -0.25) is 0 Å². The van der Waals surface area contributed by atoms with Crippen LogP contribution in [0, 0.1) is 5.41 Å². The summed E-state index contributed by atoms with van der Waals surface area (Å²) in [5.74, 6) is 0. The maximum Gasteiger partial charge on any atom is 0.0936 e. The molecule has 3 aliphatic rings. The van der Waals surface area contributed by atoms with Crippen LogP contribution in [0.15, 0.2) is 0 Å². The third kappa shape index (κ3) is 2.36. The van der Waals surface area contributed by atoms with E-state index in [-0.39, 0.29) is 0 Å². The number of rotatable bonds is 2. The number of epoxide rings is 1. The highest BCUT2D eigenvalue weighted by atomic mass is 16.6. The average Bonchev–Trinajstić information content (AvgIpc) is 3.07. The summed E-state index contributed by atoms with van der Waals surface area (Å²) in [6.07, 6.45) is 11.0. The van der Waals surface area contributed by atoms with Crippen molar-refractivity contribution >= 4 is 0 Å². The van der Waals surface area contributed by atoms with E-state index in [2.05, 4.69) is 4.90 Å². The lowest BCUT2D eigenvalue weighted by atomic mass is 9.68. The summed E-state index contributed by atoms with van der Waals surface area (Å²) in [7, 11) is 0. The molecule has 2 heteroatoms. The van der Waals surface area contributed by atoms with Crippen LogP contribution in [0.3, 0.4) is 0 Å². The first-order valence-electron chi connectivity index (χ1n) is 6.70. The first-order chi connectivity index (χ1) is 7.36. The normalized spacial score (nSPS) is 35.6. The molecule has 86 valence electrons. The Labute approximate surface area is 93.0 Å². The van der Waals surface area contributed by atoms with Crippen LogP contribution in [0.5, 0.6) is 0 Å². The number of hydrogen-bond acceptors (Lipinski definition) is 2. The second-order valence-corrected chi connectivity index (χ2v) is 5.82. The summed E-state index contributed by atoms with van der Waals surface area (Å²) in [6, 6.07) is 0. The molecule has 2 heterocycles. The van der Waals surface area contributed by atoms with Crippen molar-refractivity contribution in [2.24, 2.45) is 5.41 Å². The Morgan fingerprint density at radius 1 is 1.00 bits per heavy atom. The van der Waals surface area contributed by atoms with Crippen molar-refractivity contribution in [3.8, 4) is 0 Å². The largest absolute Gasteiger partial charge is 0.372 e. The van der Waals surface area contributed by atoms with Crippen molar-refractivity contribution in [3.05, 3.63) is 0 Å². The summed E-state index contributed by atoms with van der Waals surface area (Å²) < 4.78 is 5.31. The third-order valence-corrected chi connectivity index (χ3v) is 4.70. The molecule has 0 aromatic carbocycles. The third-order valence-electron chi connectivity index (χ3n) is 4.70. The summed E-state index contributed by atoms with van der Waals surface area (Å²) in [6.45, 7) is 4.89. The lowest BCUT2D eigenvalue weighted by Gasteiger charge is -2.44. The Hall–Kier alpha value is -0.0800. The molecule has 0 unspecified atom stereocenters. The van der Waals surface area contributed by atoms with Crippen LogP contribution >= 0.6 is 0 Å². The van der Waals surface area contributed by atoms with Crippen LogP contribution in [0.1, 0.15) is 44.9 Å². The molecule has 3 fully saturated rings. The quantitative estimate of drug-likeness (QED) is 0.649. The van der Waals surface area contributed by atoms with E-state index in [9.17, 15) is 0 Å². The van der Waals surface area contributed by atoms with Gasteiger partial charge in [-0.05, 0) is 44.2 Å². The first-order valence-corrected chi connectivity index (χ1v) is 6.70. The molecular formula is C13H23NO. The van der Waals surface area contributed by atoms with Gasteiger partial charge in [0.15, 0.2) is 0 Å².